The van der Waals surface area contributed by atoms with E-state index >= 15 is 0 Å². The number of nitrogens with one attached hydrogen (secondary N) is 1. The standard InChI is InChI=1S/C26H32N4/c1-3-19-5-10-23-25(15-19)28-24(16-26(23)30-17-20(4-2)18-30)21-6-8-22(9-7-21)29-13-11-27-12-14-29/h5-10,15-16,20,27H,3-4,11-14,17-18H2,1-2H3. The summed E-state index contributed by atoms with van der Waals surface area (Å²) >= 11 is 0. The number of benzene rings is 2. The second-order valence-electron chi connectivity index (χ2n) is 8.69. The molecule has 0 unspecified atom stereocenters. The fraction of sp³-hybridized carbons (Fsp3) is 0.423. The lowest BCUT2D eigenvalue weighted by molar-refractivity contribution is 0.399. The third kappa shape index (κ3) is 3.65. The molecule has 4 heteroatoms. The third-order valence-corrected chi connectivity index (χ3v) is 6.78. The van der Waals surface area contributed by atoms with Gasteiger partial charge in [0.15, 0.2) is 0 Å². The first-order chi connectivity index (χ1) is 14.7. The fourth-order valence-corrected chi connectivity index (χ4v) is 4.68. The van der Waals surface area contributed by atoms with Gasteiger partial charge in [-0.2, -0.15) is 0 Å². The molecule has 30 heavy (non-hydrogen) atoms. The Bertz CT molecular complexity index is 1020. The average Bonchev–Trinajstić information content (AvgIpc) is 2.78. The van der Waals surface area contributed by atoms with Gasteiger partial charge in [-0.15, -0.1) is 0 Å². The summed E-state index contributed by atoms with van der Waals surface area (Å²) in [6, 6.07) is 18.1. The van der Waals surface area contributed by atoms with Crippen LogP contribution in [0.25, 0.3) is 22.2 Å². The zero-order chi connectivity index (χ0) is 20.5. The van der Waals surface area contributed by atoms with Crippen LogP contribution in [0.1, 0.15) is 25.8 Å². The van der Waals surface area contributed by atoms with Crippen LogP contribution in [0.15, 0.2) is 48.5 Å². The van der Waals surface area contributed by atoms with Crippen molar-refractivity contribution >= 4 is 22.3 Å². The predicted molar refractivity (Wildman–Crippen MR) is 128 cm³/mol. The van der Waals surface area contributed by atoms with Gasteiger partial charge in [0, 0.05) is 61.6 Å². The first-order valence-corrected chi connectivity index (χ1v) is 11.5. The van der Waals surface area contributed by atoms with Crippen molar-refractivity contribution in [2.75, 3.05) is 49.1 Å². The molecule has 2 aromatic carbocycles. The van der Waals surface area contributed by atoms with Crippen LogP contribution >= 0.6 is 0 Å². The summed E-state index contributed by atoms with van der Waals surface area (Å²) in [5.74, 6) is 0.824. The molecule has 0 aliphatic carbocycles. The van der Waals surface area contributed by atoms with Gasteiger partial charge in [-0.1, -0.05) is 38.1 Å². The van der Waals surface area contributed by atoms with Crippen molar-refractivity contribution in [1.29, 1.82) is 0 Å². The van der Waals surface area contributed by atoms with Crippen molar-refractivity contribution in [1.82, 2.24) is 10.3 Å². The molecule has 0 radical (unpaired) electrons. The summed E-state index contributed by atoms with van der Waals surface area (Å²) in [6.07, 6.45) is 2.30. The molecule has 5 rings (SSSR count). The molecule has 1 N–H and O–H groups in total. The monoisotopic (exact) mass is 400 g/mol. The average molecular weight is 401 g/mol. The molecule has 2 aliphatic rings. The fourth-order valence-electron chi connectivity index (χ4n) is 4.68. The van der Waals surface area contributed by atoms with Crippen LogP contribution in [-0.2, 0) is 6.42 Å². The highest BCUT2D eigenvalue weighted by atomic mass is 15.2. The largest absolute Gasteiger partial charge is 0.370 e. The van der Waals surface area contributed by atoms with E-state index in [4.69, 9.17) is 4.98 Å². The Labute approximate surface area is 179 Å². The maximum atomic E-state index is 5.09. The molecular formula is C26H32N4. The Morgan fingerprint density at radius 3 is 2.40 bits per heavy atom. The maximum Gasteiger partial charge on any atom is 0.0733 e. The van der Waals surface area contributed by atoms with Crippen molar-refractivity contribution in [2.24, 2.45) is 5.92 Å². The molecule has 1 aromatic heterocycles. The molecular weight excluding hydrogens is 368 g/mol. The van der Waals surface area contributed by atoms with Crippen molar-refractivity contribution < 1.29 is 0 Å². The quantitative estimate of drug-likeness (QED) is 0.671. The number of nitrogens with zero attached hydrogens (tertiary/aromatic N) is 3. The number of aromatic nitrogens is 1. The molecule has 4 nitrogen and oxygen atoms in total. The van der Waals surface area contributed by atoms with Gasteiger partial charge in [-0.3, -0.25) is 0 Å². The lowest BCUT2D eigenvalue weighted by Gasteiger charge is -2.41. The van der Waals surface area contributed by atoms with E-state index in [-0.39, 0.29) is 0 Å². The Hall–Kier alpha value is -2.59. The van der Waals surface area contributed by atoms with E-state index in [0.717, 1.165) is 62.8 Å². The highest BCUT2D eigenvalue weighted by molar-refractivity contribution is 5.95. The highest BCUT2D eigenvalue weighted by Crippen LogP contribution is 2.36. The molecule has 0 spiro atoms. The molecule has 3 aromatic rings. The van der Waals surface area contributed by atoms with E-state index in [2.05, 4.69) is 77.5 Å². The van der Waals surface area contributed by atoms with Crippen LogP contribution < -0.4 is 15.1 Å². The number of pyridine rings is 1. The lowest BCUT2D eigenvalue weighted by atomic mass is 9.95. The first-order valence-electron chi connectivity index (χ1n) is 11.5. The minimum absolute atomic E-state index is 0.824. The molecule has 2 fully saturated rings. The van der Waals surface area contributed by atoms with Gasteiger partial charge in [0.05, 0.1) is 11.2 Å². The summed E-state index contributed by atoms with van der Waals surface area (Å²) in [5, 5.41) is 4.71. The summed E-state index contributed by atoms with van der Waals surface area (Å²) in [7, 11) is 0. The Kier molecular flexibility index (Phi) is 5.34. The van der Waals surface area contributed by atoms with Crippen LogP contribution in [0.4, 0.5) is 11.4 Å². The van der Waals surface area contributed by atoms with Gasteiger partial charge in [-0.25, -0.2) is 4.98 Å². The Morgan fingerprint density at radius 1 is 0.933 bits per heavy atom. The Balaban J connectivity index is 1.51. The number of aryl methyl sites for hydroxylation is 1. The number of rotatable bonds is 5. The van der Waals surface area contributed by atoms with Crippen molar-refractivity contribution in [3.8, 4) is 11.3 Å². The normalized spacial score (nSPS) is 17.4. The SMILES string of the molecule is CCc1ccc2c(N3CC(CC)C3)cc(-c3ccc(N4CCNCC4)cc3)nc2c1. The van der Waals surface area contributed by atoms with Crippen LogP contribution in [0.3, 0.4) is 0 Å². The summed E-state index contributed by atoms with van der Waals surface area (Å²) in [5.41, 5.74) is 7.40. The predicted octanol–water partition coefficient (Wildman–Crippen LogP) is 4.72. The number of piperazine rings is 1. The van der Waals surface area contributed by atoms with Gasteiger partial charge >= 0.3 is 0 Å². The van der Waals surface area contributed by atoms with E-state index in [9.17, 15) is 0 Å². The molecule has 3 heterocycles. The topological polar surface area (TPSA) is 31.4 Å². The first kappa shape index (κ1) is 19.4. The summed E-state index contributed by atoms with van der Waals surface area (Å²) in [6.45, 7) is 11.1. The van der Waals surface area contributed by atoms with Gasteiger partial charge in [0.25, 0.3) is 0 Å². The van der Waals surface area contributed by atoms with Crippen molar-refractivity contribution in [2.45, 2.75) is 26.7 Å². The molecule has 156 valence electrons. The maximum absolute atomic E-state index is 5.09. The number of hydrogen-bond acceptors (Lipinski definition) is 4. The van der Waals surface area contributed by atoms with Crippen LogP contribution in [0, 0.1) is 5.92 Å². The second-order valence-corrected chi connectivity index (χ2v) is 8.69. The smallest absolute Gasteiger partial charge is 0.0733 e. The number of fused-ring (bicyclic) bond motifs is 1. The molecule has 0 atom stereocenters. The lowest BCUT2D eigenvalue weighted by Crippen LogP contribution is -2.46. The number of anilines is 2. The minimum atomic E-state index is 0.824. The van der Waals surface area contributed by atoms with Gasteiger partial charge in [0.1, 0.15) is 0 Å². The summed E-state index contributed by atoms with van der Waals surface area (Å²) < 4.78 is 0. The minimum Gasteiger partial charge on any atom is -0.370 e. The van der Waals surface area contributed by atoms with E-state index in [1.807, 2.05) is 0 Å². The van der Waals surface area contributed by atoms with Gasteiger partial charge in [0.2, 0.25) is 0 Å². The molecule has 2 aliphatic heterocycles. The zero-order valence-electron chi connectivity index (χ0n) is 18.2. The van der Waals surface area contributed by atoms with E-state index in [1.54, 1.807) is 0 Å². The van der Waals surface area contributed by atoms with Crippen LogP contribution in [-0.4, -0.2) is 44.3 Å². The molecule has 0 saturated carbocycles. The molecule has 0 amide bonds. The Morgan fingerprint density at radius 2 is 1.70 bits per heavy atom. The van der Waals surface area contributed by atoms with E-state index < -0.39 is 0 Å². The molecule has 2 saturated heterocycles. The third-order valence-electron chi connectivity index (χ3n) is 6.78. The van der Waals surface area contributed by atoms with Crippen LogP contribution in [0.5, 0.6) is 0 Å². The molecule has 0 bridgehead atoms. The van der Waals surface area contributed by atoms with E-state index in [1.165, 1.54) is 34.3 Å². The van der Waals surface area contributed by atoms with E-state index in [0.29, 0.717) is 0 Å². The highest BCUT2D eigenvalue weighted by Gasteiger charge is 2.27. The van der Waals surface area contributed by atoms with Crippen LogP contribution in [0.2, 0.25) is 0 Å². The van der Waals surface area contributed by atoms with Crippen molar-refractivity contribution in [3.05, 3.63) is 54.1 Å². The zero-order valence-corrected chi connectivity index (χ0v) is 18.2. The number of hydrogen-bond donors (Lipinski definition) is 1. The summed E-state index contributed by atoms with van der Waals surface area (Å²) in [4.78, 5) is 10.1. The van der Waals surface area contributed by atoms with Gasteiger partial charge in [-0.05, 0) is 48.6 Å². The van der Waals surface area contributed by atoms with Gasteiger partial charge < -0.3 is 15.1 Å². The second kappa shape index (κ2) is 8.27. The van der Waals surface area contributed by atoms with Crippen molar-refractivity contribution in [3.63, 3.8) is 0 Å².